The van der Waals surface area contributed by atoms with Gasteiger partial charge in [0.15, 0.2) is 0 Å². The van der Waals surface area contributed by atoms with Crippen LogP contribution in [-0.4, -0.2) is 28.0 Å². The molecule has 1 aromatic rings. The summed E-state index contributed by atoms with van der Waals surface area (Å²) in [6.45, 7) is 0. The number of aromatic nitrogens is 1. The molecule has 1 amide bonds. The van der Waals surface area contributed by atoms with Gasteiger partial charge in [0.05, 0.1) is 12.3 Å². The fraction of sp³-hybridized carbons (Fsp3) is 0.533. The van der Waals surface area contributed by atoms with Crippen molar-refractivity contribution in [3.05, 3.63) is 30.1 Å². The van der Waals surface area contributed by atoms with Crippen molar-refractivity contribution in [3.63, 3.8) is 0 Å². The van der Waals surface area contributed by atoms with Crippen LogP contribution in [0, 0.1) is 17.8 Å². The molecular weight excluding hydrogens is 256 g/mol. The Kier molecular flexibility index (Phi) is 3.42. The first-order valence-corrected chi connectivity index (χ1v) is 7.07. The number of aliphatic carboxylic acids is 1. The van der Waals surface area contributed by atoms with Crippen molar-refractivity contribution < 1.29 is 14.7 Å². The first-order valence-electron chi connectivity index (χ1n) is 7.07. The number of nitrogens with zero attached hydrogens (tertiary/aromatic N) is 1. The molecule has 0 aromatic carbocycles. The molecule has 2 saturated carbocycles. The van der Waals surface area contributed by atoms with Crippen molar-refractivity contribution in [1.29, 1.82) is 0 Å². The van der Waals surface area contributed by atoms with Crippen LogP contribution in [-0.2, 0) is 16.0 Å². The number of hydrogen-bond acceptors (Lipinski definition) is 3. The number of carbonyl (C=O) groups excluding carboxylic acids is 1. The molecule has 0 saturated heterocycles. The van der Waals surface area contributed by atoms with E-state index in [1.807, 2.05) is 6.07 Å². The number of nitrogens with one attached hydrogen (secondary N) is 1. The molecule has 2 aliphatic carbocycles. The molecule has 2 fully saturated rings. The number of rotatable bonds is 4. The van der Waals surface area contributed by atoms with E-state index in [4.69, 9.17) is 0 Å². The van der Waals surface area contributed by atoms with E-state index in [1.54, 1.807) is 18.3 Å². The zero-order valence-electron chi connectivity index (χ0n) is 11.2. The van der Waals surface area contributed by atoms with Crippen LogP contribution >= 0.6 is 0 Å². The lowest BCUT2D eigenvalue weighted by Gasteiger charge is -2.28. The molecule has 4 atom stereocenters. The average molecular weight is 274 g/mol. The number of hydrogen-bond donors (Lipinski definition) is 2. The van der Waals surface area contributed by atoms with E-state index in [-0.39, 0.29) is 24.3 Å². The molecule has 2 bridgehead atoms. The number of amides is 1. The minimum Gasteiger partial charge on any atom is -0.481 e. The molecule has 3 rings (SSSR count). The van der Waals surface area contributed by atoms with Crippen LogP contribution in [0.4, 0.5) is 0 Å². The van der Waals surface area contributed by atoms with Gasteiger partial charge in [-0.15, -0.1) is 0 Å². The van der Waals surface area contributed by atoms with E-state index in [1.165, 1.54) is 0 Å². The summed E-state index contributed by atoms with van der Waals surface area (Å²) in [4.78, 5) is 27.6. The summed E-state index contributed by atoms with van der Waals surface area (Å²) in [5, 5.41) is 12.3. The van der Waals surface area contributed by atoms with Gasteiger partial charge in [0, 0.05) is 17.9 Å². The molecule has 106 valence electrons. The fourth-order valence-corrected chi connectivity index (χ4v) is 3.76. The third-order valence-electron chi connectivity index (χ3n) is 4.60. The van der Waals surface area contributed by atoms with Crippen molar-refractivity contribution in [3.8, 4) is 0 Å². The third kappa shape index (κ3) is 2.40. The van der Waals surface area contributed by atoms with Gasteiger partial charge in [-0.1, -0.05) is 6.07 Å². The lowest BCUT2D eigenvalue weighted by molar-refractivity contribution is -0.144. The van der Waals surface area contributed by atoms with Crippen molar-refractivity contribution in [2.24, 2.45) is 17.8 Å². The number of pyridine rings is 1. The summed E-state index contributed by atoms with van der Waals surface area (Å²) in [5.41, 5.74) is 0.708. The normalized spacial score (nSPS) is 31.2. The van der Waals surface area contributed by atoms with Crippen LogP contribution in [0.25, 0.3) is 0 Å². The van der Waals surface area contributed by atoms with E-state index < -0.39 is 11.9 Å². The van der Waals surface area contributed by atoms with E-state index in [9.17, 15) is 14.7 Å². The first-order chi connectivity index (χ1) is 9.65. The smallest absolute Gasteiger partial charge is 0.308 e. The zero-order valence-corrected chi connectivity index (χ0v) is 11.2. The summed E-state index contributed by atoms with van der Waals surface area (Å²) in [5.74, 6) is -0.763. The zero-order chi connectivity index (χ0) is 14.1. The molecule has 20 heavy (non-hydrogen) atoms. The molecule has 1 heterocycles. The minimum atomic E-state index is -0.777. The maximum Gasteiger partial charge on any atom is 0.308 e. The largest absolute Gasteiger partial charge is 0.481 e. The van der Waals surface area contributed by atoms with E-state index in [0.717, 1.165) is 19.3 Å². The second kappa shape index (κ2) is 5.23. The Labute approximate surface area is 117 Å². The Morgan fingerprint density at radius 2 is 2.10 bits per heavy atom. The van der Waals surface area contributed by atoms with Gasteiger partial charge in [0.2, 0.25) is 5.91 Å². The molecular formula is C15H18N2O3. The van der Waals surface area contributed by atoms with Gasteiger partial charge >= 0.3 is 5.97 Å². The highest BCUT2D eigenvalue weighted by molar-refractivity contribution is 5.80. The highest BCUT2D eigenvalue weighted by atomic mass is 16.4. The van der Waals surface area contributed by atoms with Gasteiger partial charge < -0.3 is 10.4 Å². The fourth-order valence-electron chi connectivity index (χ4n) is 3.76. The third-order valence-corrected chi connectivity index (χ3v) is 4.60. The topological polar surface area (TPSA) is 79.3 Å². The van der Waals surface area contributed by atoms with Gasteiger partial charge in [-0.2, -0.15) is 0 Å². The van der Waals surface area contributed by atoms with Crippen LogP contribution < -0.4 is 5.32 Å². The Bertz CT molecular complexity index is 517. The van der Waals surface area contributed by atoms with Gasteiger partial charge in [0.1, 0.15) is 0 Å². The van der Waals surface area contributed by atoms with Crippen LogP contribution in [0.15, 0.2) is 24.4 Å². The Balaban J connectivity index is 1.65. The van der Waals surface area contributed by atoms with Crippen LogP contribution in [0.2, 0.25) is 0 Å². The number of carboxylic acid groups (broad SMARTS) is 1. The number of carboxylic acids is 1. The predicted molar refractivity (Wildman–Crippen MR) is 71.8 cm³/mol. The monoisotopic (exact) mass is 274 g/mol. The quantitative estimate of drug-likeness (QED) is 0.865. The highest BCUT2D eigenvalue weighted by Gasteiger charge is 2.51. The van der Waals surface area contributed by atoms with Crippen LogP contribution in [0.5, 0.6) is 0 Å². The Morgan fingerprint density at radius 1 is 1.30 bits per heavy atom. The Hall–Kier alpha value is -1.91. The molecule has 0 radical (unpaired) electrons. The molecule has 0 spiro atoms. The predicted octanol–water partition coefficient (Wildman–Crippen LogP) is 1.24. The van der Waals surface area contributed by atoms with E-state index in [0.29, 0.717) is 11.6 Å². The van der Waals surface area contributed by atoms with Gasteiger partial charge in [0.25, 0.3) is 0 Å². The van der Waals surface area contributed by atoms with Gasteiger partial charge in [-0.3, -0.25) is 14.6 Å². The maximum atomic E-state index is 12.1. The minimum absolute atomic E-state index is 0.132. The summed E-state index contributed by atoms with van der Waals surface area (Å²) in [6, 6.07) is 5.24. The highest BCUT2D eigenvalue weighted by Crippen LogP contribution is 2.48. The number of fused-ring (bicyclic) bond motifs is 2. The molecule has 5 heteroatoms. The standard InChI is InChI=1S/C15H18N2O3/c18-12(8-11-3-1-2-6-16-11)17-14-10-5-4-9(7-10)13(14)15(19)20/h1-3,6,9-10,13-14H,4-5,7-8H2,(H,17,18)(H,19,20). The van der Waals surface area contributed by atoms with E-state index in [2.05, 4.69) is 10.3 Å². The molecule has 4 unspecified atom stereocenters. The van der Waals surface area contributed by atoms with Crippen LogP contribution in [0.3, 0.4) is 0 Å². The number of carbonyl (C=O) groups is 2. The SMILES string of the molecule is O=C(Cc1ccccn1)NC1C2CCC(C2)C1C(=O)O. The average Bonchev–Trinajstić information content (AvgIpc) is 3.00. The molecule has 2 N–H and O–H groups in total. The van der Waals surface area contributed by atoms with Gasteiger partial charge in [-0.25, -0.2) is 0 Å². The van der Waals surface area contributed by atoms with Crippen LogP contribution in [0.1, 0.15) is 25.0 Å². The lowest BCUT2D eigenvalue weighted by Crippen LogP contribution is -2.47. The molecule has 2 aliphatic rings. The Morgan fingerprint density at radius 3 is 2.80 bits per heavy atom. The summed E-state index contributed by atoms with van der Waals surface area (Å²) < 4.78 is 0. The summed E-state index contributed by atoms with van der Waals surface area (Å²) in [6.07, 6.45) is 4.81. The summed E-state index contributed by atoms with van der Waals surface area (Å²) in [7, 11) is 0. The summed E-state index contributed by atoms with van der Waals surface area (Å²) >= 11 is 0. The second-order valence-electron chi connectivity index (χ2n) is 5.79. The van der Waals surface area contributed by atoms with E-state index >= 15 is 0 Å². The molecule has 0 aliphatic heterocycles. The lowest BCUT2D eigenvalue weighted by atomic mass is 9.84. The molecule has 5 nitrogen and oxygen atoms in total. The van der Waals surface area contributed by atoms with Crippen molar-refractivity contribution in [1.82, 2.24) is 10.3 Å². The van der Waals surface area contributed by atoms with Crippen molar-refractivity contribution >= 4 is 11.9 Å². The van der Waals surface area contributed by atoms with Gasteiger partial charge in [-0.05, 0) is 43.2 Å². The molecule has 1 aromatic heterocycles. The maximum absolute atomic E-state index is 12.1. The van der Waals surface area contributed by atoms with Crippen molar-refractivity contribution in [2.45, 2.75) is 31.7 Å². The second-order valence-corrected chi connectivity index (χ2v) is 5.79. The first kappa shape index (κ1) is 13.1. The van der Waals surface area contributed by atoms with Crippen molar-refractivity contribution in [2.75, 3.05) is 0 Å².